The molecule has 31 heavy (non-hydrogen) atoms. The molecule has 0 saturated carbocycles. The van der Waals surface area contributed by atoms with Gasteiger partial charge in [-0.3, -0.25) is 18.9 Å². The van der Waals surface area contributed by atoms with Gasteiger partial charge in [0.2, 0.25) is 5.91 Å². The third kappa shape index (κ3) is 13.5. The van der Waals surface area contributed by atoms with Crippen molar-refractivity contribution >= 4 is 33.4 Å². The van der Waals surface area contributed by atoms with Gasteiger partial charge in [-0.1, -0.05) is 27.7 Å². The van der Waals surface area contributed by atoms with Gasteiger partial charge in [0.05, 0.1) is 23.7 Å². The number of aliphatic hydroxyl groups is 2. The number of primary amides is 1. The molecule has 0 radical (unpaired) electrons. The monoisotopic (exact) mass is 479 g/mol. The fourth-order valence-corrected chi connectivity index (χ4v) is 6.07. The van der Waals surface area contributed by atoms with Crippen LogP contribution in [0.15, 0.2) is 23.7 Å². The molecule has 0 aromatic carbocycles. The number of aliphatic hydroxyl groups excluding tert-OH is 2. The van der Waals surface area contributed by atoms with Gasteiger partial charge in [-0.15, -0.1) is 0 Å². The highest BCUT2D eigenvalue weighted by Crippen LogP contribution is 2.30. The number of rotatable bonds is 16. The maximum atomic E-state index is 12.3. The van der Waals surface area contributed by atoms with Gasteiger partial charge in [-0.2, -0.15) is 0 Å². The summed E-state index contributed by atoms with van der Waals surface area (Å²) in [5.74, 6) is 0.766. The third-order valence-corrected chi connectivity index (χ3v) is 7.89. The van der Waals surface area contributed by atoms with Crippen molar-refractivity contribution in [3.05, 3.63) is 23.7 Å². The standard InChI is InChI=1S/C21H38N2O6S2/c1-20(2,12-16(14-24)18(22)26)6-10-30(28)8-5-9-31(29)11-7-21(3,4)13-17(15-25)19(23)27/h14-15,24-25H,5-13H2,1-4H3,(H2,22,26)(H2,23,27)/p+1/b16-14-,17-15-. The van der Waals surface area contributed by atoms with Crippen molar-refractivity contribution in [2.75, 3.05) is 23.0 Å². The second kappa shape index (κ2) is 13.8. The van der Waals surface area contributed by atoms with Gasteiger partial charge in [-0.25, -0.2) is 4.79 Å². The molecule has 0 aromatic heterocycles. The van der Waals surface area contributed by atoms with E-state index in [4.69, 9.17) is 15.9 Å². The normalized spacial score (nSPS) is 15.5. The van der Waals surface area contributed by atoms with E-state index in [1.54, 1.807) is 0 Å². The van der Waals surface area contributed by atoms with Crippen LogP contribution in [-0.2, 0) is 31.2 Å². The van der Waals surface area contributed by atoms with E-state index in [1.165, 1.54) is 0 Å². The van der Waals surface area contributed by atoms with E-state index in [1.807, 2.05) is 27.7 Å². The average molecular weight is 480 g/mol. The largest absolute Gasteiger partial charge is 0.515 e. The minimum Gasteiger partial charge on any atom is -0.515 e. The smallest absolute Gasteiger partial charge is 0.340 e. The van der Waals surface area contributed by atoms with Crippen LogP contribution in [0, 0.1) is 10.8 Å². The molecular formula is C21H39N2O6S2+. The van der Waals surface area contributed by atoms with Gasteiger partial charge in [0.1, 0.15) is 0 Å². The first-order valence-electron chi connectivity index (χ1n) is 10.3. The Balaban J connectivity index is 4.30. The molecule has 0 rings (SSSR count). The molecule has 8 nitrogen and oxygen atoms in total. The first kappa shape index (κ1) is 29.5. The molecule has 7 N–H and O–H groups in total. The summed E-state index contributed by atoms with van der Waals surface area (Å²) in [6, 6.07) is 0. The molecule has 10 heteroatoms. The summed E-state index contributed by atoms with van der Waals surface area (Å²) in [6.07, 6.45) is 4.01. The van der Waals surface area contributed by atoms with E-state index in [0.717, 1.165) is 12.5 Å². The van der Waals surface area contributed by atoms with Crippen LogP contribution in [0.1, 0.15) is 59.8 Å². The molecule has 0 aliphatic rings. The zero-order chi connectivity index (χ0) is 24.2. The van der Waals surface area contributed by atoms with E-state index in [0.29, 0.717) is 55.1 Å². The van der Waals surface area contributed by atoms with Crippen molar-refractivity contribution in [3.8, 4) is 0 Å². The van der Waals surface area contributed by atoms with Crippen LogP contribution >= 0.6 is 0 Å². The Morgan fingerprint density at radius 1 is 0.839 bits per heavy atom. The molecule has 0 saturated heterocycles. The highest BCUT2D eigenvalue weighted by Gasteiger charge is 2.25. The van der Waals surface area contributed by atoms with Crippen LogP contribution < -0.4 is 11.5 Å². The first-order valence-corrected chi connectivity index (χ1v) is 13.2. The Labute approximate surface area is 190 Å². The molecule has 0 bridgehead atoms. The van der Waals surface area contributed by atoms with Crippen molar-refractivity contribution in [2.24, 2.45) is 16.6 Å². The van der Waals surface area contributed by atoms with E-state index in [9.17, 15) is 18.0 Å². The second-order valence-corrected chi connectivity index (χ2v) is 12.7. The molecule has 0 aliphatic carbocycles. The quantitative estimate of drug-likeness (QED) is 0.194. The summed E-state index contributed by atoms with van der Waals surface area (Å²) < 4.78 is 24.6. The number of amides is 2. The highest BCUT2D eigenvalue weighted by molar-refractivity contribution is 7.85. The summed E-state index contributed by atoms with van der Waals surface area (Å²) in [6.45, 7) is 7.74. The number of hydrogen-bond donors (Lipinski definition) is 4. The topological polar surface area (TPSA) is 162 Å². The Hall–Kier alpha value is -1.52. The van der Waals surface area contributed by atoms with Crippen LogP contribution in [0.2, 0.25) is 0 Å². The predicted molar refractivity (Wildman–Crippen MR) is 125 cm³/mol. The van der Waals surface area contributed by atoms with Gasteiger partial charge in [0.15, 0.2) is 0 Å². The summed E-state index contributed by atoms with van der Waals surface area (Å²) in [5.41, 5.74) is 8.31. The second-order valence-electron chi connectivity index (χ2n) is 9.33. The Morgan fingerprint density at radius 2 is 1.23 bits per heavy atom. The number of carbonyl (C=O) groups excluding carboxylic acids is 2. The summed E-state index contributed by atoms with van der Waals surface area (Å²) in [4.78, 5) is 22.6. The minimum atomic E-state index is -1.06. The summed E-state index contributed by atoms with van der Waals surface area (Å²) >= 11 is 0. The number of nitrogens with two attached hydrogens (primary N) is 1. The molecule has 0 aromatic rings. The molecule has 0 heterocycles. The van der Waals surface area contributed by atoms with Crippen molar-refractivity contribution in [1.29, 1.82) is 0 Å². The van der Waals surface area contributed by atoms with Gasteiger partial charge < -0.3 is 15.9 Å². The van der Waals surface area contributed by atoms with E-state index >= 15 is 0 Å². The third-order valence-electron chi connectivity index (χ3n) is 5.08. The SMILES string of the molecule is CC(C)(CCS(=O)CCCS(=O)CCC(C)(C)C/C(=C/O)C([NH3+])=O)C/C(=C/O)C(N)=O. The minimum absolute atomic E-state index is 0.148. The molecule has 0 spiro atoms. The zero-order valence-corrected chi connectivity index (χ0v) is 20.8. The van der Waals surface area contributed by atoms with Crippen LogP contribution in [0.25, 0.3) is 0 Å². The fourth-order valence-electron chi connectivity index (χ4n) is 2.99. The number of carbonyl (C=O) groups is 2. The number of quaternary nitrogens is 1. The maximum absolute atomic E-state index is 12.3. The fraction of sp³-hybridized carbons (Fsp3) is 0.714. The van der Waals surface area contributed by atoms with Crippen molar-refractivity contribution in [3.63, 3.8) is 0 Å². The average Bonchev–Trinajstić information content (AvgIpc) is 2.67. The predicted octanol–water partition coefficient (Wildman–Crippen LogP) is 1.62. The Kier molecular flexibility index (Phi) is 13.1. The van der Waals surface area contributed by atoms with Gasteiger partial charge in [0.25, 0.3) is 0 Å². The molecular weight excluding hydrogens is 440 g/mol. The van der Waals surface area contributed by atoms with E-state index in [-0.39, 0.29) is 22.0 Å². The van der Waals surface area contributed by atoms with E-state index in [2.05, 4.69) is 5.73 Å². The Morgan fingerprint density at radius 3 is 1.55 bits per heavy atom. The molecule has 0 aliphatic heterocycles. The molecule has 2 amide bonds. The lowest BCUT2D eigenvalue weighted by Gasteiger charge is -2.24. The van der Waals surface area contributed by atoms with Crippen LogP contribution in [0.3, 0.4) is 0 Å². The van der Waals surface area contributed by atoms with Crippen molar-refractivity contribution in [1.82, 2.24) is 0 Å². The molecule has 0 fully saturated rings. The van der Waals surface area contributed by atoms with Crippen LogP contribution in [0.5, 0.6) is 0 Å². The summed E-state index contributed by atoms with van der Waals surface area (Å²) in [7, 11) is -2.11. The lowest BCUT2D eigenvalue weighted by Crippen LogP contribution is -2.58. The van der Waals surface area contributed by atoms with Gasteiger partial charge >= 0.3 is 5.91 Å². The Bertz CT molecular complexity index is 669. The van der Waals surface area contributed by atoms with Gasteiger partial charge in [-0.05, 0) is 42.9 Å². The highest BCUT2D eigenvalue weighted by atomic mass is 32.2. The lowest BCUT2D eigenvalue weighted by atomic mass is 9.83. The molecule has 180 valence electrons. The molecule has 2 atom stereocenters. The van der Waals surface area contributed by atoms with Gasteiger partial charge in [0, 0.05) is 44.6 Å². The maximum Gasteiger partial charge on any atom is 0.340 e. The van der Waals surface area contributed by atoms with Crippen molar-refractivity contribution < 1.29 is 34.0 Å². The van der Waals surface area contributed by atoms with E-state index < -0.39 is 33.4 Å². The van der Waals surface area contributed by atoms with Crippen LogP contribution in [0.4, 0.5) is 0 Å². The van der Waals surface area contributed by atoms with Crippen molar-refractivity contribution in [2.45, 2.75) is 59.8 Å². The first-order chi connectivity index (χ1) is 14.2. The number of hydrogen-bond acceptors (Lipinski definition) is 6. The molecule has 2 unspecified atom stereocenters. The lowest BCUT2D eigenvalue weighted by molar-refractivity contribution is -0.299. The summed E-state index contributed by atoms with van der Waals surface area (Å²) in [5, 5.41) is 18.2. The zero-order valence-electron chi connectivity index (χ0n) is 19.1. The van der Waals surface area contributed by atoms with Crippen LogP contribution in [-0.4, -0.2) is 53.5 Å².